The molecule has 3 aromatic rings. The number of likely N-dealkylation sites (N-methyl/N-ethyl adjacent to an activating group) is 1. The van der Waals surface area contributed by atoms with Gasteiger partial charge in [0.15, 0.2) is 0 Å². The molecule has 0 saturated carbocycles. The third-order valence-electron chi connectivity index (χ3n) is 10.7. The van der Waals surface area contributed by atoms with Crippen LogP contribution in [-0.2, 0) is 38.5 Å². The number of fused-ring (bicyclic) bond motifs is 5. The van der Waals surface area contributed by atoms with Crippen molar-refractivity contribution in [3.8, 4) is 0 Å². The lowest BCUT2D eigenvalue weighted by Gasteiger charge is -2.48. The van der Waals surface area contributed by atoms with Gasteiger partial charge >= 0.3 is 0 Å². The molecular formula is C36H39N5O5. The third kappa shape index (κ3) is 4.16. The predicted molar refractivity (Wildman–Crippen MR) is 172 cm³/mol. The van der Waals surface area contributed by atoms with Crippen molar-refractivity contribution in [3.05, 3.63) is 90.1 Å². The zero-order chi connectivity index (χ0) is 32.0. The molecule has 10 nitrogen and oxygen atoms in total. The van der Waals surface area contributed by atoms with Gasteiger partial charge < -0.3 is 19.9 Å². The van der Waals surface area contributed by atoms with Gasteiger partial charge in [-0.1, -0.05) is 54.6 Å². The first-order valence-corrected chi connectivity index (χ1v) is 16.2. The number of allylic oxidation sites excluding steroid dienone is 1. The number of ether oxygens (including phenoxy) is 1. The second kappa shape index (κ2) is 10.4. The molecule has 2 aromatic carbocycles. The number of hydrogen-bond donors (Lipinski definition) is 2. The quantitative estimate of drug-likeness (QED) is 0.410. The maximum atomic E-state index is 14.3. The molecule has 2 N–H and O–H groups in total. The number of hydrogen-bond acceptors (Lipinski definition) is 6. The number of aromatic nitrogens is 1. The Kier molecular flexibility index (Phi) is 6.58. The molecule has 3 saturated heterocycles. The van der Waals surface area contributed by atoms with Crippen LogP contribution in [0.1, 0.15) is 36.5 Å². The van der Waals surface area contributed by atoms with Gasteiger partial charge in [-0.25, -0.2) is 0 Å². The first-order valence-electron chi connectivity index (χ1n) is 16.2. The van der Waals surface area contributed by atoms with Crippen LogP contribution >= 0.6 is 0 Å². The van der Waals surface area contributed by atoms with Gasteiger partial charge in [-0.2, -0.15) is 0 Å². The van der Waals surface area contributed by atoms with Crippen LogP contribution in [0, 0.1) is 5.92 Å². The molecule has 0 bridgehead atoms. The number of nitrogens with zero attached hydrogens (tertiary/aromatic N) is 4. The van der Waals surface area contributed by atoms with Gasteiger partial charge in [0.05, 0.1) is 5.92 Å². The Morgan fingerprint density at radius 2 is 1.98 bits per heavy atom. The van der Waals surface area contributed by atoms with E-state index in [0.717, 1.165) is 35.2 Å². The van der Waals surface area contributed by atoms with Gasteiger partial charge in [-0.15, -0.1) is 6.58 Å². The molecule has 1 aliphatic carbocycles. The maximum absolute atomic E-state index is 14.3. The topological polar surface area (TPSA) is 107 Å². The molecule has 5 aliphatic rings. The monoisotopic (exact) mass is 621 g/mol. The van der Waals surface area contributed by atoms with Crippen molar-refractivity contribution in [3.63, 3.8) is 0 Å². The minimum atomic E-state index is -2.05. The van der Waals surface area contributed by atoms with Gasteiger partial charge in [0, 0.05) is 49.2 Å². The van der Waals surface area contributed by atoms with E-state index in [9.17, 15) is 19.5 Å². The average molecular weight is 622 g/mol. The highest BCUT2D eigenvalue weighted by Gasteiger charge is 2.70. The van der Waals surface area contributed by atoms with E-state index in [1.165, 1.54) is 22.8 Å². The van der Waals surface area contributed by atoms with Crippen molar-refractivity contribution in [2.24, 2.45) is 5.92 Å². The fourth-order valence-corrected chi connectivity index (χ4v) is 8.59. The molecular weight excluding hydrogens is 582 g/mol. The minimum Gasteiger partial charge on any atom is -0.347 e. The van der Waals surface area contributed by atoms with Crippen molar-refractivity contribution in [2.75, 3.05) is 20.1 Å². The van der Waals surface area contributed by atoms with Gasteiger partial charge in [0.1, 0.15) is 12.1 Å². The Morgan fingerprint density at radius 1 is 1.17 bits per heavy atom. The van der Waals surface area contributed by atoms with Gasteiger partial charge in [-0.05, 0) is 61.6 Å². The van der Waals surface area contributed by atoms with Crippen molar-refractivity contribution in [1.82, 2.24) is 24.6 Å². The lowest BCUT2D eigenvalue weighted by molar-refractivity contribution is -0.315. The number of amides is 3. The van der Waals surface area contributed by atoms with Crippen molar-refractivity contribution >= 4 is 34.2 Å². The van der Waals surface area contributed by atoms with E-state index in [1.807, 2.05) is 49.5 Å². The van der Waals surface area contributed by atoms with Crippen LogP contribution in [0.25, 0.3) is 16.5 Å². The van der Waals surface area contributed by atoms with Crippen LogP contribution in [0.4, 0.5) is 0 Å². The van der Waals surface area contributed by atoms with Gasteiger partial charge in [0.2, 0.25) is 17.5 Å². The summed E-state index contributed by atoms with van der Waals surface area (Å²) in [6, 6.07) is 14.2. The highest BCUT2D eigenvalue weighted by Crippen LogP contribution is 2.46. The first-order chi connectivity index (χ1) is 22.1. The second-order valence-electron chi connectivity index (χ2n) is 13.5. The molecule has 0 radical (unpaired) electrons. The van der Waals surface area contributed by atoms with Crippen molar-refractivity contribution < 1.29 is 24.2 Å². The molecule has 4 aliphatic heterocycles. The van der Waals surface area contributed by atoms with E-state index in [-0.39, 0.29) is 24.3 Å². The molecule has 238 valence electrons. The largest absolute Gasteiger partial charge is 0.347 e. The fraction of sp³-hybridized carbons (Fsp3) is 0.417. The SMILES string of the molecule is C=CCn1cc2c3c(cccc31)C1=C[C@@H](C(=O)N[C@]3(C)O[C@@]4(O)[C@@H]5CCCN5C(=O)[C@H](Cc5ccccc5)N4C3=O)CN(C)[C@@H]1C2. The smallest absolute Gasteiger partial charge is 0.280 e. The number of carbonyl (C=O) groups excluding carboxylic acids is 3. The second-order valence-corrected chi connectivity index (χ2v) is 13.5. The van der Waals surface area contributed by atoms with Gasteiger partial charge in [0.25, 0.3) is 11.8 Å². The van der Waals surface area contributed by atoms with E-state index in [2.05, 4.69) is 45.8 Å². The first kappa shape index (κ1) is 29.2. The normalized spacial score (nSPS) is 31.8. The van der Waals surface area contributed by atoms with Crippen LogP contribution in [0.5, 0.6) is 0 Å². The Balaban J connectivity index is 1.11. The number of aliphatic hydroxyl groups is 1. The number of carbonyl (C=O) groups is 3. The zero-order valence-corrected chi connectivity index (χ0v) is 26.2. The minimum absolute atomic E-state index is 0.120. The summed E-state index contributed by atoms with van der Waals surface area (Å²) < 4.78 is 8.47. The molecule has 46 heavy (non-hydrogen) atoms. The number of rotatable bonds is 6. The van der Waals surface area contributed by atoms with Crippen LogP contribution in [0.2, 0.25) is 0 Å². The van der Waals surface area contributed by atoms with E-state index in [4.69, 9.17) is 4.74 Å². The van der Waals surface area contributed by atoms with Crippen LogP contribution in [0.15, 0.2) is 73.5 Å². The zero-order valence-electron chi connectivity index (χ0n) is 26.2. The standard InChI is InChI=1S/C36H39N5O5/c1-4-15-39-21-23-19-28-26(25-12-8-13-27(39)31(23)25)18-24(20-38(28)3)32(42)37-35(2)34(44)41-29(17-22-10-6-5-7-11-22)33(43)40-16-9-14-30(40)36(41,45)46-35/h4-8,10-13,18,21,24,28-30,45H,1,9,14-17,19-20H2,2-3H3,(H,37,42)/t24-,28-,29+,30+,35-,36+/m1/s1. The summed E-state index contributed by atoms with van der Waals surface area (Å²) in [5, 5.41) is 16.2. The summed E-state index contributed by atoms with van der Waals surface area (Å²) in [6.07, 6.45) is 8.40. The fourth-order valence-electron chi connectivity index (χ4n) is 8.59. The van der Waals surface area contributed by atoms with Gasteiger partial charge in [-0.3, -0.25) is 28.9 Å². The Labute approximate surface area is 267 Å². The molecule has 0 unspecified atom stereocenters. The van der Waals surface area contributed by atoms with Crippen molar-refractivity contribution in [1.29, 1.82) is 0 Å². The van der Waals surface area contributed by atoms with Crippen molar-refractivity contribution in [2.45, 2.75) is 68.9 Å². The van der Waals surface area contributed by atoms with Crippen LogP contribution in [0.3, 0.4) is 0 Å². The molecule has 10 heteroatoms. The lowest BCUT2D eigenvalue weighted by atomic mass is 9.79. The van der Waals surface area contributed by atoms with E-state index in [0.29, 0.717) is 25.9 Å². The highest BCUT2D eigenvalue weighted by molar-refractivity contribution is 6.01. The summed E-state index contributed by atoms with van der Waals surface area (Å²) in [4.78, 5) is 47.1. The van der Waals surface area contributed by atoms with E-state index < -0.39 is 35.5 Å². The Morgan fingerprint density at radius 3 is 2.76 bits per heavy atom. The third-order valence-corrected chi connectivity index (χ3v) is 10.7. The van der Waals surface area contributed by atoms with E-state index >= 15 is 0 Å². The highest BCUT2D eigenvalue weighted by atomic mass is 16.7. The van der Waals surface area contributed by atoms with Crippen LogP contribution < -0.4 is 5.32 Å². The molecule has 3 fully saturated rings. The van der Waals surface area contributed by atoms with E-state index in [1.54, 1.807) is 4.90 Å². The Bertz CT molecular complexity index is 1820. The maximum Gasteiger partial charge on any atom is 0.280 e. The molecule has 6 atom stereocenters. The average Bonchev–Trinajstić information content (AvgIpc) is 3.72. The predicted octanol–water partition coefficient (Wildman–Crippen LogP) is 2.65. The summed E-state index contributed by atoms with van der Waals surface area (Å²) in [5.41, 5.74) is 3.65. The van der Waals surface area contributed by atoms with Crippen LogP contribution in [-0.4, -0.2) is 92.0 Å². The molecule has 0 spiro atoms. The number of piperazine rings is 1. The molecule has 8 rings (SSSR count). The molecule has 3 amide bonds. The molecule has 1 aromatic heterocycles. The number of nitrogens with one attached hydrogen (secondary N) is 1. The summed E-state index contributed by atoms with van der Waals surface area (Å²) in [7, 11) is 2.03. The summed E-state index contributed by atoms with van der Waals surface area (Å²) in [6.45, 7) is 7.07. The summed E-state index contributed by atoms with van der Waals surface area (Å²) >= 11 is 0. The number of benzene rings is 2. The Hall–Kier alpha value is -4.25. The lowest BCUT2D eigenvalue weighted by Crippen LogP contribution is -2.71. The summed E-state index contributed by atoms with van der Waals surface area (Å²) in [5.74, 6) is -3.80. The molecule has 5 heterocycles.